The van der Waals surface area contributed by atoms with Crippen LogP contribution in [0.2, 0.25) is 0 Å². The standard InChI is InChI=1S/C13H17N3O2S2/c1-10-13(7-12(19-10)9-14-2)20(17,18)16-8-11-3-5-15-6-4-11/h3-7,14,16H,8-9H2,1-2H3. The zero-order valence-electron chi connectivity index (χ0n) is 11.4. The number of hydrogen-bond donors (Lipinski definition) is 2. The minimum atomic E-state index is -3.47. The number of pyridine rings is 1. The van der Waals surface area contributed by atoms with Gasteiger partial charge in [-0.15, -0.1) is 11.3 Å². The summed E-state index contributed by atoms with van der Waals surface area (Å²) in [5.74, 6) is 0. The summed E-state index contributed by atoms with van der Waals surface area (Å²) in [6.07, 6.45) is 3.29. The van der Waals surface area contributed by atoms with Crippen LogP contribution in [0.5, 0.6) is 0 Å². The van der Waals surface area contributed by atoms with E-state index in [1.165, 1.54) is 11.3 Å². The van der Waals surface area contributed by atoms with Gasteiger partial charge < -0.3 is 5.32 Å². The molecule has 0 aliphatic carbocycles. The van der Waals surface area contributed by atoms with E-state index in [0.717, 1.165) is 15.3 Å². The largest absolute Gasteiger partial charge is 0.315 e. The molecule has 2 aromatic rings. The van der Waals surface area contributed by atoms with Crippen molar-refractivity contribution in [2.75, 3.05) is 7.05 Å². The van der Waals surface area contributed by atoms with Crippen LogP contribution in [-0.2, 0) is 23.1 Å². The van der Waals surface area contributed by atoms with Crippen LogP contribution >= 0.6 is 11.3 Å². The third kappa shape index (κ3) is 3.63. The van der Waals surface area contributed by atoms with E-state index in [-0.39, 0.29) is 6.54 Å². The highest BCUT2D eigenvalue weighted by molar-refractivity contribution is 7.89. The molecule has 2 aromatic heterocycles. The monoisotopic (exact) mass is 311 g/mol. The van der Waals surface area contributed by atoms with Gasteiger partial charge in [-0.05, 0) is 37.7 Å². The summed E-state index contributed by atoms with van der Waals surface area (Å²) >= 11 is 1.50. The van der Waals surface area contributed by atoms with Crippen molar-refractivity contribution in [1.29, 1.82) is 0 Å². The molecule has 0 radical (unpaired) electrons. The second kappa shape index (κ2) is 6.45. The minimum absolute atomic E-state index is 0.265. The normalized spacial score (nSPS) is 11.7. The first-order valence-corrected chi connectivity index (χ1v) is 8.45. The van der Waals surface area contributed by atoms with E-state index in [2.05, 4.69) is 15.0 Å². The van der Waals surface area contributed by atoms with Crippen molar-refractivity contribution < 1.29 is 8.42 Å². The number of thiophene rings is 1. The third-order valence-electron chi connectivity index (χ3n) is 2.78. The first-order valence-electron chi connectivity index (χ1n) is 6.15. The molecule has 2 N–H and O–H groups in total. The molecular formula is C13H17N3O2S2. The second-order valence-electron chi connectivity index (χ2n) is 4.34. The molecule has 0 fully saturated rings. The van der Waals surface area contributed by atoms with Crippen molar-refractivity contribution in [2.24, 2.45) is 0 Å². The van der Waals surface area contributed by atoms with Crippen molar-refractivity contribution in [3.63, 3.8) is 0 Å². The molecule has 2 rings (SSSR count). The maximum absolute atomic E-state index is 12.3. The van der Waals surface area contributed by atoms with E-state index in [1.807, 2.05) is 14.0 Å². The highest BCUT2D eigenvalue weighted by Crippen LogP contribution is 2.25. The van der Waals surface area contributed by atoms with Gasteiger partial charge in [0.2, 0.25) is 10.0 Å². The molecule has 7 heteroatoms. The van der Waals surface area contributed by atoms with Crippen LogP contribution in [-0.4, -0.2) is 20.4 Å². The molecule has 0 aromatic carbocycles. The summed E-state index contributed by atoms with van der Waals surface area (Å²) in [4.78, 5) is 6.08. The SMILES string of the molecule is CNCc1cc(S(=O)(=O)NCc2ccncc2)c(C)s1. The minimum Gasteiger partial charge on any atom is -0.315 e. The van der Waals surface area contributed by atoms with Crippen LogP contribution in [0.25, 0.3) is 0 Å². The summed E-state index contributed by atoms with van der Waals surface area (Å²) < 4.78 is 27.2. The Bertz CT molecular complexity index is 666. The van der Waals surface area contributed by atoms with Crippen molar-refractivity contribution in [1.82, 2.24) is 15.0 Å². The number of nitrogens with zero attached hydrogens (tertiary/aromatic N) is 1. The fraction of sp³-hybridized carbons (Fsp3) is 0.308. The van der Waals surface area contributed by atoms with Gasteiger partial charge >= 0.3 is 0 Å². The van der Waals surface area contributed by atoms with Gasteiger partial charge in [0, 0.05) is 35.2 Å². The van der Waals surface area contributed by atoms with Crippen molar-refractivity contribution >= 4 is 21.4 Å². The average molecular weight is 311 g/mol. The molecule has 0 aliphatic heterocycles. The van der Waals surface area contributed by atoms with Gasteiger partial charge in [0.15, 0.2) is 0 Å². The Hall–Kier alpha value is -1.28. The Morgan fingerprint density at radius 2 is 1.95 bits per heavy atom. The van der Waals surface area contributed by atoms with Gasteiger partial charge in [0.25, 0.3) is 0 Å². The second-order valence-corrected chi connectivity index (χ2v) is 7.42. The van der Waals surface area contributed by atoms with E-state index in [0.29, 0.717) is 11.4 Å². The molecule has 0 bridgehead atoms. The lowest BCUT2D eigenvalue weighted by Crippen LogP contribution is -2.23. The number of sulfonamides is 1. The summed E-state index contributed by atoms with van der Waals surface area (Å²) in [7, 11) is -1.64. The van der Waals surface area contributed by atoms with Crippen LogP contribution in [0.1, 0.15) is 15.3 Å². The Kier molecular flexibility index (Phi) is 4.87. The number of rotatable bonds is 6. The molecule has 20 heavy (non-hydrogen) atoms. The molecule has 108 valence electrons. The molecule has 0 saturated carbocycles. The predicted molar refractivity (Wildman–Crippen MR) is 80.1 cm³/mol. The van der Waals surface area contributed by atoms with E-state index in [9.17, 15) is 8.42 Å². The predicted octanol–water partition coefficient (Wildman–Crippen LogP) is 1.65. The van der Waals surface area contributed by atoms with E-state index in [4.69, 9.17) is 0 Å². The zero-order valence-corrected chi connectivity index (χ0v) is 13.0. The Morgan fingerprint density at radius 3 is 2.60 bits per heavy atom. The summed E-state index contributed by atoms with van der Waals surface area (Å²) in [5, 5.41) is 3.02. The van der Waals surface area contributed by atoms with E-state index < -0.39 is 10.0 Å². The lowest BCUT2D eigenvalue weighted by atomic mass is 10.3. The molecule has 0 aliphatic rings. The molecule has 0 amide bonds. The van der Waals surface area contributed by atoms with Crippen LogP contribution in [0.3, 0.4) is 0 Å². The van der Waals surface area contributed by atoms with Crippen molar-refractivity contribution in [2.45, 2.75) is 24.9 Å². The lowest BCUT2D eigenvalue weighted by molar-refractivity contribution is 0.581. The number of aromatic nitrogens is 1. The highest BCUT2D eigenvalue weighted by Gasteiger charge is 2.19. The van der Waals surface area contributed by atoms with Crippen LogP contribution in [0, 0.1) is 6.92 Å². The van der Waals surface area contributed by atoms with E-state index >= 15 is 0 Å². The maximum Gasteiger partial charge on any atom is 0.241 e. The first-order chi connectivity index (χ1) is 9.53. The maximum atomic E-state index is 12.3. The number of nitrogens with one attached hydrogen (secondary N) is 2. The Labute approximate surface area is 123 Å². The third-order valence-corrected chi connectivity index (χ3v) is 5.49. The highest BCUT2D eigenvalue weighted by atomic mass is 32.2. The van der Waals surface area contributed by atoms with Crippen molar-refractivity contribution in [3.05, 3.63) is 45.9 Å². The average Bonchev–Trinajstić information content (AvgIpc) is 2.80. The zero-order chi connectivity index (χ0) is 14.6. The van der Waals surface area contributed by atoms with Crippen LogP contribution in [0.4, 0.5) is 0 Å². The Morgan fingerprint density at radius 1 is 1.25 bits per heavy atom. The smallest absolute Gasteiger partial charge is 0.241 e. The topological polar surface area (TPSA) is 71.1 Å². The molecule has 0 atom stereocenters. The van der Waals surface area contributed by atoms with Crippen LogP contribution in [0.15, 0.2) is 35.5 Å². The summed E-state index contributed by atoms with van der Waals surface area (Å²) in [6.45, 7) is 2.76. The van der Waals surface area contributed by atoms with Gasteiger partial charge in [-0.25, -0.2) is 13.1 Å². The van der Waals surface area contributed by atoms with E-state index in [1.54, 1.807) is 30.6 Å². The Balaban J connectivity index is 2.14. The fourth-order valence-corrected chi connectivity index (χ4v) is 4.47. The first kappa shape index (κ1) is 15.1. The summed E-state index contributed by atoms with van der Waals surface area (Å²) in [6, 6.07) is 5.30. The molecule has 0 spiro atoms. The van der Waals surface area contributed by atoms with Crippen LogP contribution < -0.4 is 10.0 Å². The van der Waals surface area contributed by atoms with Gasteiger partial charge in [0.05, 0.1) is 4.90 Å². The molecule has 5 nitrogen and oxygen atoms in total. The van der Waals surface area contributed by atoms with Gasteiger partial charge in [-0.2, -0.15) is 0 Å². The molecule has 0 unspecified atom stereocenters. The molecule has 0 saturated heterocycles. The number of hydrogen-bond acceptors (Lipinski definition) is 5. The van der Waals surface area contributed by atoms with Gasteiger partial charge in [-0.1, -0.05) is 0 Å². The fourth-order valence-electron chi connectivity index (χ4n) is 1.81. The number of aryl methyl sites for hydroxylation is 1. The quantitative estimate of drug-likeness (QED) is 0.851. The lowest BCUT2D eigenvalue weighted by Gasteiger charge is -2.06. The van der Waals surface area contributed by atoms with Gasteiger partial charge in [0.1, 0.15) is 0 Å². The summed E-state index contributed by atoms with van der Waals surface area (Å²) in [5.41, 5.74) is 0.881. The van der Waals surface area contributed by atoms with Gasteiger partial charge in [-0.3, -0.25) is 4.98 Å². The van der Waals surface area contributed by atoms with Crippen molar-refractivity contribution in [3.8, 4) is 0 Å². The molecule has 2 heterocycles. The molecular weight excluding hydrogens is 294 g/mol.